The summed E-state index contributed by atoms with van der Waals surface area (Å²) in [7, 11) is -3.71. The number of nitrogens with one attached hydrogen (secondary N) is 1. The van der Waals surface area contributed by atoms with Crippen molar-refractivity contribution in [3.8, 4) is 5.75 Å². The van der Waals surface area contributed by atoms with Crippen LogP contribution in [0.3, 0.4) is 0 Å². The smallest absolute Gasteiger partial charge is 0.261 e. The molecule has 0 radical (unpaired) electrons. The second-order valence-corrected chi connectivity index (χ2v) is 6.98. The van der Waals surface area contributed by atoms with Crippen LogP contribution in [0.1, 0.15) is 17.0 Å². The Morgan fingerprint density at radius 1 is 1.12 bits per heavy atom. The van der Waals surface area contributed by atoms with E-state index in [4.69, 9.17) is 9.26 Å². The number of aryl methyl sites for hydroxylation is 2. The number of hydrogen-bond donors (Lipinski definition) is 1. The molecule has 3 rings (SSSR count). The lowest BCUT2D eigenvalue weighted by Crippen LogP contribution is -2.13. The highest BCUT2D eigenvalue weighted by molar-refractivity contribution is 7.92. The summed E-state index contributed by atoms with van der Waals surface area (Å²) in [5.41, 5.74) is 1.94. The number of nitrogens with zero attached hydrogens (tertiary/aromatic N) is 3. The van der Waals surface area contributed by atoms with Crippen molar-refractivity contribution in [2.75, 3.05) is 4.72 Å². The number of sulfonamides is 1. The molecule has 0 bridgehead atoms. The molecule has 2 aromatic heterocycles. The van der Waals surface area contributed by atoms with Crippen molar-refractivity contribution in [2.45, 2.75) is 25.3 Å². The Kier molecular flexibility index (Phi) is 4.66. The van der Waals surface area contributed by atoms with Crippen molar-refractivity contribution in [3.63, 3.8) is 0 Å². The van der Waals surface area contributed by atoms with E-state index < -0.39 is 10.0 Å². The molecular weight excluding hydrogens is 344 g/mol. The van der Waals surface area contributed by atoms with Crippen LogP contribution < -0.4 is 9.46 Å². The second kappa shape index (κ2) is 6.89. The largest absolute Gasteiger partial charge is 0.489 e. The number of benzene rings is 1. The maximum Gasteiger partial charge on any atom is 0.261 e. The SMILES string of the molecule is Cc1noc(C)c1COc1ccc(S(=O)(=O)Nc2cncnc2)cc1. The fourth-order valence-electron chi connectivity index (χ4n) is 2.14. The molecule has 3 aromatic rings. The van der Waals surface area contributed by atoms with Gasteiger partial charge in [0.2, 0.25) is 0 Å². The predicted octanol–water partition coefficient (Wildman–Crippen LogP) is 2.46. The van der Waals surface area contributed by atoms with Gasteiger partial charge in [-0.1, -0.05) is 5.16 Å². The van der Waals surface area contributed by atoms with Crippen molar-refractivity contribution >= 4 is 15.7 Å². The third-order valence-corrected chi connectivity index (χ3v) is 4.91. The van der Waals surface area contributed by atoms with Crippen LogP contribution in [0.25, 0.3) is 0 Å². The summed E-state index contributed by atoms with van der Waals surface area (Å²) in [5.74, 6) is 1.24. The molecule has 0 aliphatic heterocycles. The third kappa shape index (κ3) is 3.94. The van der Waals surface area contributed by atoms with Gasteiger partial charge in [-0.2, -0.15) is 0 Å². The van der Waals surface area contributed by atoms with Gasteiger partial charge in [-0.25, -0.2) is 18.4 Å². The first-order chi connectivity index (χ1) is 12.0. The number of aromatic nitrogens is 3. The highest BCUT2D eigenvalue weighted by Crippen LogP contribution is 2.21. The lowest BCUT2D eigenvalue weighted by Gasteiger charge is -2.09. The van der Waals surface area contributed by atoms with Crippen LogP contribution in [-0.4, -0.2) is 23.5 Å². The summed E-state index contributed by atoms with van der Waals surface area (Å²) in [6.07, 6.45) is 4.08. The molecule has 8 nitrogen and oxygen atoms in total. The normalized spacial score (nSPS) is 11.3. The molecule has 1 N–H and O–H groups in total. The van der Waals surface area contributed by atoms with Crippen molar-refractivity contribution in [3.05, 3.63) is 60.0 Å². The molecule has 0 fully saturated rings. The van der Waals surface area contributed by atoms with E-state index in [1.54, 1.807) is 12.1 Å². The maximum absolute atomic E-state index is 12.3. The fourth-order valence-corrected chi connectivity index (χ4v) is 3.17. The molecule has 25 heavy (non-hydrogen) atoms. The molecule has 0 amide bonds. The summed E-state index contributed by atoms with van der Waals surface area (Å²) >= 11 is 0. The molecule has 0 aliphatic carbocycles. The molecule has 0 spiro atoms. The lowest BCUT2D eigenvalue weighted by atomic mass is 10.2. The van der Waals surface area contributed by atoms with Gasteiger partial charge >= 0.3 is 0 Å². The van der Waals surface area contributed by atoms with E-state index in [-0.39, 0.29) is 4.90 Å². The third-order valence-electron chi connectivity index (χ3n) is 3.51. The van der Waals surface area contributed by atoms with Gasteiger partial charge in [-0.05, 0) is 38.1 Å². The summed E-state index contributed by atoms with van der Waals surface area (Å²) in [5, 5.41) is 3.86. The van der Waals surface area contributed by atoms with Gasteiger partial charge in [0.15, 0.2) is 0 Å². The molecule has 0 unspecified atom stereocenters. The summed E-state index contributed by atoms with van der Waals surface area (Å²) in [6, 6.07) is 6.12. The Labute approximate surface area is 144 Å². The molecule has 0 saturated carbocycles. The maximum atomic E-state index is 12.3. The van der Waals surface area contributed by atoms with Crippen molar-refractivity contribution < 1.29 is 17.7 Å². The summed E-state index contributed by atoms with van der Waals surface area (Å²) < 4.78 is 37.8. The number of anilines is 1. The Morgan fingerprint density at radius 3 is 2.40 bits per heavy atom. The molecule has 9 heteroatoms. The minimum absolute atomic E-state index is 0.112. The van der Waals surface area contributed by atoms with Crippen molar-refractivity contribution in [1.29, 1.82) is 0 Å². The van der Waals surface area contributed by atoms with E-state index in [1.807, 2.05) is 13.8 Å². The number of hydrogen-bond acceptors (Lipinski definition) is 7. The first-order valence-corrected chi connectivity index (χ1v) is 8.86. The number of rotatable bonds is 6. The first kappa shape index (κ1) is 16.9. The van der Waals surface area contributed by atoms with Gasteiger partial charge in [0.05, 0.1) is 34.2 Å². The van der Waals surface area contributed by atoms with Gasteiger partial charge in [0.1, 0.15) is 24.4 Å². The Balaban J connectivity index is 1.69. The Hall–Kier alpha value is -2.94. The molecule has 0 saturated heterocycles. The zero-order chi connectivity index (χ0) is 17.9. The van der Waals surface area contributed by atoms with Gasteiger partial charge in [0.25, 0.3) is 10.0 Å². The predicted molar refractivity (Wildman–Crippen MR) is 89.6 cm³/mol. The molecule has 0 aliphatic rings. The summed E-state index contributed by atoms with van der Waals surface area (Å²) in [4.78, 5) is 7.65. The van der Waals surface area contributed by atoms with Gasteiger partial charge < -0.3 is 9.26 Å². The Morgan fingerprint density at radius 2 is 1.80 bits per heavy atom. The fraction of sp³-hybridized carbons (Fsp3) is 0.188. The topological polar surface area (TPSA) is 107 Å². The molecule has 0 atom stereocenters. The van der Waals surface area contributed by atoms with Crippen LogP contribution in [-0.2, 0) is 16.6 Å². The standard InChI is InChI=1S/C16H16N4O4S/c1-11-16(12(2)24-19-11)9-23-14-3-5-15(6-4-14)25(21,22)20-13-7-17-10-18-8-13/h3-8,10,20H,9H2,1-2H3. The average Bonchev–Trinajstić information content (AvgIpc) is 2.92. The van der Waals surface area contributed by atoms with Crippen molar-refractivity contribution in [1.82, 2.24) is 15.1 Å². The van der Waals surface area contributed by atoms with Crippen LogP contribution in [0.4, 0.5) is 5.69 Å². The zero-order valence-electron chi connectivity index (χ0n) is 13.6. The van der Waals surface area contributed by atoms with Crippen molar-refractivity contribution in [2.24, 2.45) is 0 Å². The van der Waals surface area contributed by atoms with E-state index in [1.165, 1.54) is 30.9 Å². The zero-order valence-corrected chi connectivity index (χ0v) is 14.4. The lowest BCUT2D eigenvalue weighted by molar-refractivity contribution is 0.301. The Bertz CT molecular complexity index is 934. The van der Waals surface area contributed by atoms with Crippen LogP contribution in [0.5, 0.6) is 5.75 Å². The molecule has 130 valence electrons. The molecule has 2 heterocycles. The minimum atomic E-state index is -3.71. The van der Waals surface area contributed by atoms with Crippen LogP contribution in [0.15, 0.2) is 52.4 Å². The van der Waals surface area contributed by atoms with E-state index in [9.17, 15) is 8.42 Å². The second-order valence-electron chi connectivity index (χ2n) is 5.30. The van der Waals surface area contributed by atoms with E-state index in [0.29, 0.717) is 23.8 Å². The first-order valence-electron chi connectivity index (χ1n) is 7.38. The quantitative estimate of drug-likeness (QED) is 0.719. The van der Waals surface area contributed by atoms with Gasteiger partial charge in [0, 0.05) is 0 Å². The summed E-state index contributed by atoms with van der Waals surface area (Å²) in [6.45, 7) is 3.95. The van der Waals surface area contributed by atoms with E-state index >= 15 is 0 Å². The average molecular weight is 360 g/mol. The van der Waals surface area contributed by atoms with Gasteiger partial charge in [-0.3, -0.25) is 4.72 Å². The van der Waals surface area contributed by atoms with Crippen LogP contribution in [0, 0.1) is 13.8 Å². The van der Waals surface area contributed by atoms with Crippen LogP contribution in [0.2, 0.25) is 0 Å². The van der Waals surface area contributed by atoms with E-state index in [0.717, 1.165) is 11.3 Å². The monoisotopic (exact) mass is 360 g/mol. The molecule has 1 aromatic carbocycles. The van der Waals surface area contributed by atoms with E-state index in [2.05, 4.69) is 19.8 Å². The highest BCUT2D eigenvalue weighted by Gasteiger charge is 2.15. The number of ether oxygens (including phenoxy) is 1. The highest BCUT2D eigenvalue weighted by atomic mass is 32.2. The van der Waals surface area contributed by atoms with Gasteiger partial charge in [-0.15, -0.1) is 0 Å². The molecular formula is C16H16N4O4S. The minimum Gasteiger partial charge on any atom is -0.489 e. The van der Waals surface area contributed by atoms with Crippen LogP contribution >= 0.6 is 0 Å².